The summed E-state index contributed by atoms with van der Waals surface area (Å²) < 4.78 is 0. The van der Waals surface area contributed by atoms with Gasteiger partial charge in [-0.2, -0.15) is 0 Å². The maximum atomic E-state index is 12.5. The molecule has 1 aromatic rings. The Morgan fingerprint density at radius 3 is 2.42 bits per heavy atom. The predicted octanol–water partition coefficient (Wildman–Crippen LogP) is 2.35. The van der Waals surface area contributed by atoms with E-state index in [2.05, 4.69) is 5.32 Å². The van der Waals surface area contributed by atoms with Crippen LogP contribution in [0.5, 0.6) is 0 Å². The van der Waals surface area contributed by atoms with Crippen LogP contribution < -0.4 is 16.0 Å². The molecular weight excluding hydrogens is 330 g/mol. The highest BCUT2D eigenvalue weighted by atomic mass is 16.2. The number of carbonyl (C=O) groups is 3. The van der Waals surface area contributed by atoms with E-state index >= 15 is 0 Å². The first-order chi connectivity index (χ1) is 12.4. The van der Waals surface area contributed by atoms with Crippen molar-refractivity contribution in [2.24, 2.45) is 23.0 Å². The molecule has 0 atom stereocenters. The second-order valence-electron chi connectivity index (χ2n) is 8.23. The molecule has 0 aromatic heterocycles. The van der Waals surface area contributed by atoms with E-state index in [0.717, 1.165) is 24.9 Å². The number of hydrogen-bond donors (Lipinski definition) is 2. The molecule has 3 aliphatic rings. The number of carbonyl (C=O) groups excluding carboxylic acids is 3. The average molecular weight is 355 g/mol. The van der Waals surface area contributed by atoms with Crippen molar-refractivity contribution >= 4 is 29.1 Å². The first-order valence-electron chi connectivity index (χ1n) is 9.38. The van der Waals surface area contributed by atoms with Crippen LogP contribution in [-0.4, -0.2) is 24.3 Å². The molecule has 0 unspecified atom stereocenters. The van der Waals surface area contributed by atoms with E-state index in [0.29, 0.717) is 22.7 Å². The van der Waals surface area contributed by atoms with Crippen molar-refractivity contribution in [3.05, 3.63) is 23.8 Å². The third-order valence-electron chi connectivity index (χ3n) is 6.26. The minimum atomic E-state index is -0.161. The van der Waals surface area contributed by atoms with Crippen molar-refractivity contribution in [3.63, 3.8) is 0 Å². The molecule has 1 saturated heterocycles. The lowest BCUT2D eigenvalue weighted by molar-refractivity contribution is -0.135. The Bertz CT molecular complexity index is 759. The molecule has 6 nitrogen and oxygen atoms in total. The molecule has 2 saturated carbocycles. The lowest BCUT2D eigenvalue weighted by Gasteiger charge is -2.57. The van der Waals surface area contributed by atoms with Gasteiger partial charge in [0.15, 0.2) is 0 Å². The molecule has 26 heavy (non-hydrogen) atoms. The Labute approximate surface area is 153 Å². The molecular formula is C20H25N3O3. The third-order valence-corrected chi connectivity index (χ3v) is 6.26. The van der Waals surface area contributed by atoms with Gasteiger partial charge in [0.2, 0.25) is 17.7 Å². The number of benzene rings is 1. The molecule has 4 rings (SSSR count). The highest BCUT2D eigenvalue weighted by Crippen LogP contribution is 2.61. The molecule has 0 bridgehead atoms. The quantitative estimate of drug-likeness (QED) is 0.811. The van der Waals surface area contributed by atoms with Gasteiger partial charge in [0.1, 0.15) is 0 Å². The minimum Gasteiger partial charge on any atom is -0.330 e. The summed E-state index contributed by atoms with van der Waals surface area (Å²) in [5.41, 5.74) is 8.20. The van der Waals surface area contributed by atoms with Gasteiger partial charge in [-0.25, -0.2) is 0 Å². The lowest BCUT2D eigenvalue weighted by Crippen LogP contribution is -2.52. The second kappa shape index (κ2) is 6.20. The van der Waals surface area contributed by atoms with Crippen molar-refractivity contribution in [2.75, 3.05) is 16.8 Å². The van der Waals surface area contributed by atoms with Crippen LogP contribution in [0.2, 0.25) is 0 Å². The number of anilines is 2. The van der Waals surface area contributed by atoms with Gasteiger partial charge in [0.05, 0.1) is 5.69 Å². The summed E-state index contributed by atoms with van der Waals surface area (Å²) in [6, 6.07) is 5.34. The van der Waals surface area contributed by atoms with Crippen molar-refractivity contribution in [1.82, 2.24) is 0 Å². The van der Waals surface area contributed by atoms with Crippen LogP contribution >= 0.6 is 0 Å². The summed E-state index contributed by atoms with van der Waals surface area (Å²) in [5.74, 6) is 0.463. The van der Waals surface area contributed by atoms with Gasteiger partial charge >= 0.3 is 0 Å². The first-order valence-corrected chi connectivity index (χ1v) is 9.38. The van der Waals surface area contributed by atoms with Gasteiger partial charge in [-0.3, -0.25) is 19.3 Å². The molecule has 2 aliphatic carbocycles. The topological polar surface area (TPSA) is 92.5 Å². The number of amides is 3. The molecule has 1 aromatic carbocycles. The molecule has 3 amide bonds. The minimum absolute atomic E-state index is 0.0623. The van der Waals surface area contributed by atoms with E-state index < -0.39 is 0 Å². The van der Waals surface area contributed by atoms with E-state index in [9.17, 15) is 14.4 Å². The predicted molar refractivity (Wildman–Crippen MR) is 98.5 cm³/mol. The Kier molecular flexibility index (Phi) is 4.10. The zero-order chi connectivity index (χ0) is 18.5. The number of aryl methyl sites for hydroxylation is 1. The van der Waals surface area contributed by atoms with Gasteiger partial charge in [-0.1, -0.05) is 0 Å². The molecule has 1 aliphatic heterocycles. The SMILES string of the molecule is Cc1cc(NC(=O)C2CC3(CC(CN)C3)C2)ccc1N1C(=O)CCC1=O. The summed E-state index contributed by atoms with van der Waals surface area (Å²) in [5, 5.41) is 2.98. The Hall–Kier alpha value is -2.21. The van der Waals surface area contributed by atoms with E-state index in [-0.39, 0.29) is 36.5 Å². The van der Waals surface area contributed by atoms with Crippen LogP contribution in [0.15, 0.2) is 18.2 Å². The van der Waals surface area contributed by atoms with Crippen LogP contribution in [0.1, 0.15) is 44.1 Å². The van der Waals surface area contributed by atoms with Crippen LogP contribution in [0.3, 0.4) is 0 Å². The van der Waals surface area contributed by atoms with Crippen molar-refractivity contribution < 1.29 is 14.4 Å². The molecule has 3 N–H and O–H groups in total. The number of imide groups is 1. The van der Waals surface area contributed by atoms with Crippen molar-refractivity contribution in [3.8, 4) is 0 Å². The highest BCUT2D eigenvalue weighted by molar-refractivity contribution is 6.20. The average Bonchev–Trinajstić information content (AvgIpc) is 2.84. The van der Waals surface area contributed by atoms with Crippen molar-refractivity contribution in [1.29, 1.82) is 0 Å². The van der Waals surface area contributed by atoms with Crippen molar-refractivity contribution in [2.45, 2.75) is 45.4 Å². The maximum Gasteiger partial charge on any atom is 0.234 e. The fourth-order valence-electron chi connectivity index (χ4n) is 4.91. The maximum absolute atomic E-state index is 12.5. The number of rotatable bonds is 4. The fourth-order valence-corrected chi connectivity index (χ4v) is 4.91. The van der Waals surface area contributed by atoms with Crippen LogP contribution in [-0.2, 0) is 14.4 Å². The van der Waals surface area contributed by atoms with Gasteiger partial charge < -0.3 is 11.1 Å². The van der Waals surface area contributed by atoms with E-state index in [4.69, 9.17) is 5.73 Å². The zero-order valence-electron chi connectivity index (χ0n) is 15.1. The highest BCUT2D eigenvalue weighted by Gasteiger charge is 2.54. The van der Waals surface area contributed by atoms with Gasteiger partial charge in [0, 0.05) is 24.4 Å². The van der Waals surface area contributed by atoms with Crippen LogP contribution in [0, 0.1) is 24.2 Å². The van der Waals surface area contributed by atoms with Crippen LogP contribution in [0.4, 0.5) is 11.4 Å². The first kappa shape index (κ1) is 17.2. The molecule has 0 radical (unpaired) electrons. The largest absolute Gasteiger partial charge is 0.330 e. The lowest BCUT2D eigenvalue weighted by atomic mass is 9.48. The monoisotopic (exact) mass is 355 g/mol. The third kappa shape index (κ3) is 2.82. The Balaban J connectivity index is 1.37. The van der Waals surface area contributed by atoms with E-state index in [1.807, 2.05) is 13.0 Å². The second-order valence-corrected chi connectivity index (χ2v) is 8.23. The Morgan fingerprint density at radius 1 is 1.19 bits per heavy atom. The standard InChI is InChI=1S/C20H25N3O3/c1-12-6-15(2-3-16(12)23-17(24)4-5-18(23)25)22-19(26)14-9-20(10-14)7-13(8-20)11-21/h2-3,6,13-14H,4-5,7-11,21H2,1H3,(H,22,26). The summed E-state index contributed by atoms with van der Waals surface area (Å²) in [6.45, 7) is 2.61. The normalized spacial score (nSPS) is 30.3. The van der Waals surface area contributed by atoms with E-state index in [1.54, 1.807) is 12.1 Å². The van der Waals surface area contributed by atoms with Gasteiger partial charge in [-0.05, 0) is 74.2 Å². The molecule has 1 spiro atoms. The molecule has 1 heterocycles. The van der Waals surface area contributed by atoms with Gasteiger partial charge in [-0.15, -0.1) is 0 Å². The number of hydrogen-bond acceptors (Lipinski definition) is 4. The molecule has 3 fully saturated rings. The molecule has 138 valence electrons. The number of nitrogens with one attached hydrogen (secondary N) is 1. The summed E-state index contributed by atoms with van der Waals surface area (Å²) in [4.78, 5) is 37.5. The Morgan fingerprint density at radius 2 is 1.85 bits per heavy atom. The summed E-state index contributed by atoms with van der Waals surface area (Å²) in [6.07, 6.45) is 4.79. The van der Waals surface area contributed by atoms with Gasteiger partial charge in [0.25, 0.3) is 0 Å². The van der Waals surface area contributed by atoms with Crippen LogP contribution in [0.25, 0.3) is 0 Å². The fraction of sp³-hybridized carbons (Fsp3) is 0.550. The smallest absolute Gasteiger partial charge is 0.234 e. The zero-order valence-corrected chi connectivity index (χ0v) is 15.1. The van der Waals surface area contributed by atoms with E-state index in [1.165, 1.54) is 17.7 Å². The number of nitrogens with two attached hydrogens (primary N) is 1. The summed E-state index contributed by atoms with van der Waals surface area (Å²) >= 11 is 0. The number of nitrogens with zero attached hydrogens (tertiary/aromatic N) is 1. The summed E-state index contributed by atoms with van der Waals surface area (Å²) in [7, 11) is 0. The molecule has 6 heteroatoms.